The van der Waals surface area contributed by atoms with Crippen LogP contribution in [0.15, 0.2) is 18.2 Å². The van der Waals surface area contributed by atoms with Crippen molar-refractivity contribution in [2.45, 2.75) is 32.2 Å². The van der Waals surface area contributed by atoms with Crippen LogP contribution >= 0.6 is 11.6 Å². The zero-order valence-electron chi connectivity index (χ0n) is 10.7. The van der Waals surface area contributed by atoms with Crippen molar-refractivity contribution in [3.63, 3.8) is 0 Å². The Kier molecular flexibility index (Phi) is 3.64. The zero-order chi connectivity index (χ0) is 12.5. The van der Waals surface area contributed by atoms with Crippen LogP contribution in [0.2, 0.25) is 5.02 Å². The van der Waals surface area contributed by atoms with Crippen molar-refractivity contribution in [1.82, 2.24) is 5.32 Å². The summed E-state index contributed by atoms with van der Waals surface area (Å²) >= 11 is 6.14. The van der Waals surface area contributed by atoms with Crippen molar-refractivity contribution >= 4 is 11.6 Å². The fraction of sp³-hybridized carbons (Fsp3) is 0.571. The Balaban J connectivity index is 2.52. The van der Waals surface area contributed by atoms with Gasteiger partial charge in [0, 0.05) is 16.1 Å². The summed E-state index contributed by atoms with van der Waals surface area (Å²) in [7, 11) is 1.72. The van der Waals surface area contributed by atoms with Crippen LogP contribution in [0.4, 0.5) is 0 Å². The molecule has 1 aromatic rings. The molecule has 0 bridgehead atoms. The fourth-order valence-electron chi connectivity index (χ4n) is 2.83. The lowest BCUT2D eigenvalue weighted by Crippen LogP contribution is -2.42. The molecule has 1 aliphatic heterocycles. The molecule has 1 atom stereocenters. The van der Waals surface area contributed by atoms with Gasteiger partial charge in [-0.25, -0.2) is 0 Å². The smallest absolute Gasteiger partial charge is 0.124 e. The highest BCUT2D eigenvalue weighted by Gasteiger charge is 2.40. The molecule has 1 fully saturated rings. The molecule has 2 nitrogen and oxygen atoms in total. The van der Waals surface area contributed by atoms with Crippen LogP contribution in [0.3, 0.4) is 0 Å². The molecule has 0 amide bonds. The Morgan fingerprint density at radius 3 is 2.71 bits per heavy atom. The first-order chi connectivity index (χ1) is 8.10. The highest BCUT2D eigenvalue weighted by molar-refractivity contribution is 6.30. The molecule has 3 heteroatoms. The minimum absolute atomic E-state index is 0.0102. The van der Waals surface area contributed by atoms with Gasteiger partial charge in [-0.1, -0.05) is 25.4 Å². The van der Waals surface area contributed by atoms with Gasteiger partial charge in [0.1, 0.15) is 5.75 Å². The van der Waals surface area contributed by atoms with E-state index in [1.807, 2.05) is 18.2 Å². The second kappa shape index (κ2) is 4.87. The van der Waals surface area contributed by atoms with E-state index in [1.165, 1.54) is 12.0 Å². The Labute approximate surface area is 108 Å². The van der Waals surface area contributed by atoms with Gasteiger partial charge in [0.15, 0.2) is 0 Å². The lowest BCUT2D eigenvalue weighted by molar-refractivity contribution is 0.265. The molecule has 0 aromatic heterocycles. The molecule has 2 rings (SSSR count). The maximum absolute atomic E-state index is 6.14. The third-order valence-electron chi connectivity index (χ3n) is 3.82. The van der Waals surface area contributed by atoms with Gasteiger partial charge < -0.3 is 10.1 Å². The summed E-state index contributed by atoms with van der Waals surface area (Å²) in [6.07, 6.45) is 2.34. The van der Waals surface area contributed by atoms with Gasteiger partial charge in [-0.05, 0) is 43.5 Å². The third-order valence-corrected chi connectivity index (χ3v) is 4.05. The van der Waals surface area contributed by atoms with Crippen molar-refractivity contribution in [2.24, 2.45) is 5.92 Å². The van der Waals surface area contributed by atoms with Crippen LogP contribution < -0.4 is 10.1 Å². The minimum atomic E-state index is 0.0102. The van der Waals surface area contributed by atoms with Gasteiger partial charge in [0.25, 0.3) is 0 Å². The zero-order valence-corrected chi connectivity index (χ0v) is 11.5. The molecule has 0 saturated carbocycles. The van der Waals surface area contributed by atoms with Crippen LogP contribution in [0.5, 0.6) is 5.75 Å². The summed E-state index contributed by atoms with van der Waals surface area (Å²) in [6, 6.07) is 5.88. The number of halogens is 1. The van der Waals surface area contributed by atoms with Gasteiger partial charge in [-0.2, -0.15) is 0 Å². The third kappa shape index (κ3) is 2.16. The molecule has 0 spiro atoms. The van der Waals surface area contributed by atoms with Crippen LogP contribution in [-0.2, 0) is 5.54 Å². The number of hydrogen-bond acceptors (Lipinski definition) is 2. The molecule has 1 saturated heterocycles. The van der Waals surface area contributed by atoms with Crippen LogP contribution in [0.1, 0.15) is 32.3 Å². The number of methoxy groups -OCH3 is 1. The Bertz CT molecular complexity index is 397. The van der Waals surface area contributed by atoms with Crippen molar-refractivity contribution in [2.75, 3.05) is 13.7 Å². The summed E-state index contributed by atoms with van der Waals surface area (Å²) in [5.74, 6) is 1.44. The van der Waals surface area contributed by atoms with Crippen LogP contribution in [-0.4, -0.2) is 13.7 Å². The molecule has 0 radical (unpaired) electrons. The molecular formula is C14H20ClNO. The highest BCUT2D eigenvalue weighted by Crippen LogP contribution is 2.42. The Morgan fingerprint density at radius 1 is 1.41 bits per heavy atom. The largest absolute Gasteiger partial charge is 0.496 e. The normalized spacial score (nSPS) is 24.3. The maximum Gasteiger partial charge on any atom is 0.124 e. The highest BCUT2D eigenvalue weighted by atomic mass is 35.5. The predicted octanol–water partition coefficient (Wildman–Crippen LogP) is 3.58. The first-order valence-corrected chi connectivity index (χ1v) is 6.57. The van der Waals surface area contributed by atoms with Crippen molar-refractivity contribution in [3.05, 3.63) is 28.8 Å². The average molecular weight is 254 g/mol. The van der Waals surface area contributed by atoms with Gasteiger partial charge in [0.05, 0.1) is 7.11 Å². The first-order valence-electron chi connectivity index (χ1n) is 6.19. The van der Waals surface area contributed by atoms with Gasteiger partial charge >= 0.3 is 0 Å². The van der Waals surface area contributed by atoms with E-state index in [2.05, 4.69) is 19.2 Å². The molecule has 17 heavy (non-hydrogen) atoms. The van der Waals surface area contributed by atoms with Crippen molar-refractivity contribution < 1.29 is 4.74 Å². The van der Waals surface area contributed by atoms with Gasteiger partial charge in [0.2, 0.25) is 0 Å². The topological polar surface area (TPSA) is 21.3 Å². The van der Waals surface area contributed by atoms with Crippen LogP contribution in [0.25, 0.3) is 0 Å². The molecule has 94 valence electrons. The quantitative estimate of drug-likeness (QED) is 0.889. The van der Waals surface area contributed by atoms with E-state index in [0.29, 0.717) is 5.92 Å². The van der Waals surface area contributed by atoms with E-state index in [9.17, 15) is 0 Å². The van der Waals surface area contributed by atoms with Crippen molar-refractivity contribution in [3.8, 4) is 5.75 Å². The number of rotatable bonds is 3. The second-order valence-corrected chi connectivity index (χ2v) is 5.44. The first kappa shape index (κ1) is 12.7. The Hall–Kier alpha value is -0.730. The van der Waals surface area contributed by atoms with E-state index in [1.54, 1.807) is 7.11 Å². The maximum atomic E-state index is 6.14. The van der Waals surface area contributed by atoms with E-state index in [4.69, 9.17) is 16.3 Å². The summed E-state index contributed by atoms with van der Waals surface area (Å²) < 4.78 is 5.49. The molecule has 0 aliphatic carbocycles. The van der Waals surface area contributed by atoms with Gasteiger partial charge in [-0.15, -0.1) is 0 Å². The van der Waals surface area contributed by atoms with Gasteiger partial charge in [-0.3, -0.25) is 0 Å². The average Bonchev–Trinajstić information content (AvgIpc) is 2.79. The number of hydrogen-bond donors (Lipinski definition) is 1. The monoisotopic (exact) mass is 253 g/mol. The second-order valence-electron chi connectivity index (χ2n) is 5.00. The molecule has 1 aromatic carbocycles. The number of nitrogens with one attached hydrogen (secondary N) is 1. The lowest BCUT2D eigenvalue weighted by Gasteiger charge is -2.35. The molecule has 1 aliphatic rings. The molecular weight excluding hydrogens is 234 g/mol. The van der Waals surface area contributed by atoms with E-state index >= 15 is 0 Å². The number of benzene rings is 1. The molecule has 1 heterocycles. The predicted molar refractivity (Wildman–Crippen MR) is 71.8 cm³/mol. The Morgan fingerprint density at radius 2 is 2.18 bits per heavy atom. The summed E-state index contributed by atoms with van der Waals surface area (Å²) in [5.41, 5.74) is 1.20. The SMILES string of the molecule is COc1ccc(Cl)cc1C1(C(C)C)CCCN1. The van der Waals surface area contributed by atoms with E-state index in [-0.39, 0.29) is 5.54 Å². The number of ether oxygens (including phenoxy) is 1. The molecule has 1 unspecified atom stereocenters. The fourth-order valence-corrected chi connectivity index (χ4v) is 3.00. The lowest BCUT2D eigenvalue weighted by atomic mass is 9.78. The standard InChI is InChI=1S/C14H20ClNO/c1-10(2)14(7-4-8-16-14)12-9-11(15)5-6-13(12)17-3/h5-6,9-10,16H,4,7-8H2,1-3H3. The summed E-state index contributed by atoms with van der Waals surface area (Å²) in [5, 5.41) is 4.42. The van der Waals surface area contributed by atoms with E-state index in [0.717, 1.165) is 23.7 Å². The summed E-state index contributed by atoms with van der Waals surface area (Å²) in [4.78, 5) is 0. The minimum Gasteiger partial charge on any atom is -0.496 e. The molecule has 1 N–H and O–H groups in total. The summed E-state index contributed by atoms with van der Waals surface area (Å²) in [6.45, 7) is 5.56. The van der Waals surface area contributed by atoms with E-state index < -0.39 is 0 Å². The van der Waals surface area contributed by atoms with Crippen LogP contribution in [0, 0.1) is 5.92 Å². The van der Waals surface area contributed by atoms with Crippen molar-refractivity contribution in [1.29, 1.82) is 0 Å².